The lowest BCUT2D eigenvalue weighted by Gasteiger charge is -1.75. The maximum absolute atomic E-state index is 7.33. The Morgan fingerprint density at radius 1 is 1.04 bits per heavy atom. The molecule has 0 saturated heterocycles. The van der Waals surface area contributed by atoms with Crippen molar-refractivity contribution in [1.82, 2.24) is 25.0 Å². The van der Waals surface area contributed by atoms with Crippen LogP contribution in [-0.4, -0.2) is 32.0 Å². The summed E-state index contributed by atoms with van der Waals surface area (Å²) in [6.07, 6.45) is 13.5. The highest BCUT2D eigenvalue weighted by Gasteiger charge is 1.83. The van der Waals surface area contributed by atoms with Crippen molar-refractivity contribution in [2.45, 2.75) is 13.8 Å². The third kappa shape index (κ3) is 22.6. The second-order valence-corrected chi connectivity index (χ2v) is 4.16. The van der Waals surface area contributed by atoms with E-state index in [0.717, 1.165) is 5.69 Å². The van der Waals surface area contributed by atoms with Crippen molar-refractivity contribution in [3.05, 3.63) is 83.5 Å². The number of aryl methyl sites for hydroxylation is 2. The summed E-state index contributed by atoms with van der Waals surface area (Å²) in [5, 5.41) is 10.3. The molecule has 0 aromatic carbocycles. The fourth-order valence-corrected chi connectivity index (χ4v) is 1.09. The van der Waals surface area contributed by atoms with E-state index in [1.165, 1.54) is 7.05 Å². The van der Waals surface area contributed by atoms with Crippen LogP contribution in [0.1, 0.15) is 12.6 Å². The van der Waals surface area contributed by atoms with Crippen LogP contribution in [0.4, 0.5) is 0 Å². The van der Waals surface area contributed by atoms with Crippen LogP contribution in [0.15, 0.2) is 72.5 Å². The van der Waals surface area contributed by atoms with E-state index in [1.54, 1.807) is 36.4 Å². The van der Waals surface area contributed by atoms with E-state index in [-0.39, 0.29) is 0 Å². The summed E-state index contributed by atoms with van der Waals surface area (Å²) in [4.78, 5) is 9.93. The van der Waals surface area contributed by atoms with Crippen molar-refractivity contribution in [2.24, 2.45) is 12.2 Å². The monoisotopic (exact) mass is 352 g/mol. The minimum absolute atomic E-state index is 0.961. The molecule has 0 saturated carbocycles. The molecule has 0 aliphatic rings. The summed E-state index contributed by atoms with van der Waals surface area (Å²) < 4.78 is 1.68. The second kappa shape index (κ2) is 21.3. The van der Waals surface area contributed by atoms with Gasteiger partial charge in [-0.1, -0.05) is 22.5 Å². The first-order chi connectivity index (χ1) is 12.6. The van der Waals surface area contributed by atoms with Crippen LogP contribution in [0, 0.1) is 19.3 Å². The molecule has 0 N–H and O–H groups in total. The molecule has 0 spiro atoms. The molecule has 8 heteroatoms. The van der Waals surface area contributed by atoms with Crippen LogP contribution in [0.25, 0.3) is 10.4 Å². The number of hydrogen-bond acceptors (Lipinski definition) is 5. The van der Waals surface area contributed by atoms with Crippen LogP contribution in [0.3, 0.4) is 0 Å². The average Bonchev–Trinajstić information content (AvgIpc) is 3.09. The smallest absolute Gasteiger partial charge is 0.0796 e. The third-order valence-corrected chi connectivity index (χ3v) is 1.94. The third-order valence-electron chi connectivity index (χ3n) is 1.94. The highest BCUT2D eigenvalue weighted by atomic mass is 15.4. The first kappa shape index (κ1) is 24.6. The van der Waals surface area contributed by atoms with E-state index in [2.05, 4.69) is 42.6 Å². The van der Waals surface area contributed by atoms with Gasteiger partial charge in [0.2, 0.25) is 0 Å². The SMILES string of the molecule is C#CC.CN=[N+]=[N-].Cc1cn(C)nn1.c1ccncc1.c1ccncc1. The molecule has 0 fully saturated rings. The van der Waals surface area contributed by atoms with Crippen LogP contribution >= 0.6 is 0 Å². The Kier molecular flexibility index (Phi) is 20.1. The van der Waals surface area contributed by atoms with E-state index < -0.39 is 0 Å². The summed E-state index contributed by atoms with van der Waals surface area (Å²) in [5.74, 6) is 2.25. The standard InChI is InChI=1S/2C5H5N.C4H7N3.C3H4.CH3N3/c2*1-2-4-6-5-3-1;1-4-3-7(2)6-5-4;1-3-2;1-3-4-2/h2*1-5H;3H,1-2H3;1H,2H3;1H3. The summed E-state index contributed by atoms with van der Waals surface area (Å²) in [5.41, 5.74) is 8.29. The highest BCUT2D eigenvalue weighted by Crippen LogP contribution is 1.82. The fourth-order valence-electron chi connectivity index (χ4n) is 1.09. The van der Waals surface area contributed by atoms with Gasteiger partial charge < -0.3 is 0 Å². The minimum Gasteiger partial charge on any atom is -0.265 e. The lowest BCUT2D eigenvalue weighted by molar-refractivity contribution is 0.714. The predicted molar refractivity (Wildman–Crippen MR) is 104 cm³/mol. The number of aromatic nitrogens is 5. The number of hydrogen-bond donors (Lipinski definition) is 0. The molecule has 8 nitrogen and oxygen atoms in total. The van der Waals surface area contributed by atoms with E-state index >= 15 is 0 Å². The molecule has 0 bridgehead atoms. The number of pyridine rings is 2. The van der Waals surface area contributed by atoms with Crippen LogP contribution in [-0.2, 0) is 7.05 Å². The fraction of sp³-hybridized carbons (Fsp3) is 0.222. The Bertz CT molecular complexity index is 612. The topological polar surface area (TPSA) is 105 Å². The lowest BCUT2D eigenvalue weighted by Crippen LogP contribution is -1.85. The molecular formula is C18H24N8. The van der Waals surface area contributed by atoms with Crippen molar-refractivity contribution in [1.29, 1.82) is 0 Å². The van der Waals surface area contributed by atoms with Crippen LogP contribution < -0.4 is 0 Å². The molecule has 0 aliphatic heterocycles. The Balaban J connectivity index is 0. The van der Waals surface area contributed by atoms with Crippen molar-refractivity contribution >= 4 is 0 Å². The van der Waals surface area contributed by atoms with Gasteiger partial charge in [-0.05, 0) is 43.6 Å². The predicted octanol–water partition coefficient (Wildman–Crippen LogP) is 3.85. The van der Waals surface area contributed by atoms with Crippen molar-refractivity contribution < 1.29 is 0 Å². The molecule has 0 unspecified atom stereocenters. The van der Waals surface area contributed by atoms with Crippen LogP contribution in [0.5, 0.6) is 0 Å². The zero-order valence-corrected chi connectivity index (χ0v) is 15.5. The van der Waals surface area contributed by atoms with Crippen molar-refractivity contribution in [2.75, 3.05) is 7.05 Å². The lowest BCUT2D eigenvalue weighted by atomic mass is 10.5. The molecule has 26 heavy (non-hydrogen) atoms. The largest absolute Gasteiger partial charge is 0.265 e. The molecule has 3 rings (SSSR count). The second-order valence-electron chi connectivity index (χ2n) is 4.16. The number of terminal acetylenes is 1. The van der Waals surface area contributed by atoms with Gasteiger partial charge in [0.05, 0.1) is 5.69 Å². The summed E-state index contributed by atoms with van der Waals surface area (Å²) >= 11 is 0. The van der Waals surface area contributed by atoms with Crippen molar-refractivity contribution in [3.8, 4) is 12.3 Å². The van der Waals surface area contributed by atoms with E-state index in [1.807, 2.05) is 56.6 Å². The average molecular weight is 352 g/mol. The minimum atomic E-state index is 0.961. The quantitative estimate of drug-likeness (QED) is 0.265. The highest BCUT2D eigenvalue weighted by molar-refractivity contribution is 4.88. The molecule has 0 atom stereocenters. The van der Waals surface area contributed by atoms with Gasteiger partial charge in [-0.2, -0.15) is 0 Å². The van der Waals surface area contributed by atoms with Gasteiger partial charge in [0, 0.05) is 50.0 Å². The molecule has 0 radical (unpaired) electrons. The maximum Gasteiger partial charge on any atom is 0.0796 e. The molecule has 136 valence electrons. The van der Waals surface area contributed by atoms with Gasteiger partial charge in [0.15, 0.2) is 0 Å². The van der Waals surface area contributed by atoms with Gasteiger partial charge in [-0.3, -0.25) is 14.6 Å². The number of nitrogens with zero attached hydrogens (tertiary/aromatic N) is 8. The molecule has 3 aromatic rings. The Morgan fingerprint density at radius 3 is 1.50 bits per heavy atom. The number of azide groups is 1. The van der Waals surface area contributed by atoms with Gasteiger partial charge in [-0.15, -0.1) is 17.4 Å². The molecular weight excluding hydrogens is 328 g/mol. The first-order valence-electron chi connectivity index (χ1n) is 7.45. The van der Waals surface area contributed by atoms with E-state index in [4.69, 9.17) is 5.53 Å². The summed E-state index contributed by atoms with van der Waals surface area (Å²) in [6.45, 7) is 3.56. The van der Waals surface area contributed by atoms with Gasteiger partial charge in [0.1, 0.15) is 0 Å². The molecule has 3 aromatic heterocycles. The molecule has 3 heterocycles. The normalized spacial score (nSPS) is 7.19. The number of rotatable bonds is 0. The molecule has 0 aliphatic carbocycles. The maximum atomic E-state index is 7.33. The Hall–Kier alpha value is -3.69. The summed E-state index contributed by atoms with van der Waals surface area (Å²) in [6, 6.07) is 11.4. The van der Waals surface area contributed by atoms with E-state index in [0.29, 0.717) is 0 Å². The van der Waals surface area contributed by atoms with Gasteiger partial charge >= 0.3 is 0 Å². The van der Waals surface area contributed by atoms with Gasteiger partial charge in [0.25, 0.3) is 0 Å². The molecule has 0 amide bonds. The Morgan fingerprint density at radius 2 is 1.42 bits per heavy atom. The van der Waals surface area contributed by atoms with Crippen molar-refractivity contribution in [3.63, 3.8) is 0 Å². The van der Waals surface area contributed by atoms with Gasteiger partial charge in [-0.25, -0.2) is 0 Å². The van der Waals surface area contributed by atoms with Crippen LogP contribution in [0.2, 0.25) is 0 Å². The summed E-state index contributed by atoms with van der Waals surface area (Å²) in [7, 11) is 3.24. The zero-order valence-electron chi connectivity index (χ0n) is 15.5. The first-order valence-corrected chi connectivity index (χ1v) is 7.45. The Labute approximate surface area is 154 Å². The zero-order chi connectivity index (χ0) is 19.9. The van der Waals surface area contributed by atoms with E-state index in [9.17, 15) is 0 Å².